The Morgan fingerprint density at radius 3 is 2.38 bits per heavy atom. The lowest BCUT2D eigenvalue weighted by atomic mass is 9.96. The Morgan fingerprint density at radius 2 is 1.75 bits per heavy atom. The average molecular weight is 566 g/mol. The van der Waals surface area contributed by atoms with E-state index in [0.29, 0.717) is 23.4 Å². The Labute approximate surface area is 235 Å². The third-order valence-electron chi connectivity index (χ3n) is 6.33. The molecular formula is C30H29F2N3O4S. The molecule has 2 N–H and O–H groups in total. The van der Waals surface area contributed by atoms with Gasteiger partial charge in [0.05, 0.1) is 19.5 Å². The highest BCUT2D eigenvalue weighted by molar-refractivity contribution is 7.98. The van der Waals surface area contributed by atoms with Gasteiger partial charge in [0.25, 0.3) is 5.91 Å². The van der Waals surface area contributed by atoms with Gasteiger partial charge >= 0.3 is 5.97 Å². The summed E-state index contributed by atoms with van der Waals surface area (Å²) in [5.41, 5.74) is 2.90. The molecule has 1 aromatic heterocycles. The molecule has 4 aromatic rings. The number of hydrogen-bond donors (Lipinski definition) is 2. The minimum Gasteiger partial charge on any atom is -0.480 e. The van der Waals surface area contributed by atoms with E-state index in [2.05, 4.69) is 10.3 Å². The molecule has 0 radical (unpaired) electrons. The summed E-state index contributed by atoms with van der Waals surface area (Å²) in [4.78, 5) is 29.0. The smallest absolute Gasteiger partial charge is 0.326 e. The number of carboxylic acid groups (broad SMARTS) is 1. The number of aromatic nitrogens is 2. The lowest BCUT2D eigenvalue weighted by Crippen LogP contribution is -2.41. The van der Waals surface area contributed by atoms with Gasteiger partial charge in [-0.1, -0.05) is 30.3 Å². The zero-order valence-electron chi connectivity index (χ0n) is 21.8. The van der Waals surface area contributed by atoms with E-state index in [1.807, 2.05) is 17.0 Å². The first-order valence-electron chi connectivity index (χ1n) is 12.6. The molecule has 10 heteroatoms. The molecule has 2 atom stereocenters. The molecule has 0 aliphatic rings. The SMILES string of the molecule is CSCC[C@H](NC(=O)c1ccc(COC(Cn2ccnc2)c2ccc(F)cc2)cc1-c1ccc(F)cc1)C(=O)O. The predicted molar refractivity (Wildman–Crippen MR) is 150 cm³/mol. The second-order valence-corrected chi connectivity index (χ2v) is 10.1. The van der Waals surface area contributed by atoms with Crippen LogP contribution in [0, 0.1) is 11.6 Å². The van der Waals surface area contributed by atoms with Crippen molar-refractivity contribution in [2.45, 2.75) is 31.7 Å². The average Bonchev–Trinajstić information content (AvgIpc) is 3.47. The van der Waals surface area contributed by atoms with Gasteiger partial charge in [0, 0.05) is 18.0 Å². The minimum absolute atomic E-state index is 0.165. The van der Waals surface area contributed by atoms with Gasteiger partial charge in [-0.15, -0.1) is 0 Å². The second-order valence-electron chi connectivity index (χ2n) is 9.14. The number of carboxylic acids is 1. The van der Waals surface area contributed by atoms with Crippen molar-refractivity contribution >= 4 is 23.6 Å². The molecule has 3 aromatic carbocycles. The van der Waals surface area contributed by atoms with Gasteiger partial charge in [-0.2, -0.15) is 11.8 Å². The fourth-order valence-corrected chi connectivity index (χ4v) is 4.66. The van der Waals surface area contributed by atoms with E-state index in [0.717, 1.165) is 11.1 Å². The van der Waals surface area contributed by atoms with Crippen molar-refractivity contribution in [1.82, 2.24) is 14.9 Å². The normalized spacial score (nSPS) is 12.6. The molecule has 7 nitrogen and oxygen atoms in total. The van der Waals surface area contributed by atoms with Crippen LogP contribution in [0.15, 0.2) is 85.5 Å². The van der Waals surface area contributed by atoms with Gasteiger partial charge in [-0.3, -0.25) is 4.79 Å². The van der Waals surface area contributed by atoms with Gasteiger partial charge in [0.2, 0.25) is 0 Å². The summed E-state index contributed by atoms with van der Waals surface area (Å²) in [5.74, 6) is -1.84. The van der Waals surface area contributed by atoms with Crippen molar-refractivity contribution in [1.29, 1.82) is 0 Å². The summed E-state index contributed by atoms with van der Waals surface area (Å²) in [6.07, 6.45) is 6.87. The van der Waals surface area contributed by atoms with Crippen LogP contribution in [-0.2, 0) is 22.7 Å². The molecule has 208 valence electrons. The Balaban J connectivity index is 1.61. The molecule has 0 spiro atoms. The Kier molecular flexibility index (Phi) is 10.0. The molecular weight excluding hydrogens is 536 g/mol. The van der Waals surface area contributed by atoms with Crippen LogP contribution >= 0.6 is 11.8 Å². The number of benzene rings is 3. The first-order valence-corrected chi connectivity index (χ1v) is 14.0. The summed E-state index contributed by atoms with van der Waals surface area (Å²) in [5, 5.41) is 12.2. The van der Waals surface area contributed by atoms with Crippen LogP contribution in [0.5, 0.6) is 0 Å². The number of rotatable bonds is 13. The largest absolute Gasteiger partial charge is 0.480 e. The first kappa shape index (κ1) is 29.0. The maximum Gasteiger partial charge on any atom is 0.326 e. The topological polar surface area (TPSA) is 93.5 Å². The van der Waals surface area contributed by atoms with Crippen LogP contribution in [0.25, 0.3) is 11.1 Å². The molecule has 1 unspecified atom stereocenters. The minimum atomic E-state index is -1.11. The maximum atomic E-state index is 13.7. The summed E-state index contributed by atoms with van der Waals surface area (Å²) in [6.45, 7) is 0.613. The number of carbonyl (C=O) groups is 2. The van der Waals surface area contributed by atoms with Crippen LogP contribution in [0.1, 0.15) is 34.0 Å². The highest BCUT2D eigenvalue weighted by atomic mass is 32.2. The van der Waals surface area contributed by atoms with E-state index in [4.69, 9.17) is 4.74 Å². The van der Waals surface area contributed by atoms with Crippen LogP contribution in [0.4, 0.5) is 8.78 Å². The van der Waals surface area contributed by atoms with Crippen molar-refractivity contribution < 1.29 is 28.2 Å². The van der Waals surface area contributed by atoms with Crippen LogP contribution in [-0.4, -0.2) is 44.6 Å². The zero-order valence-corrected chi connectivity index (χ0v) is 22.6. The standard InChI is InChI=1S/C30H29F2N3O4S/c1-40-15-12-27(30(37)38)34-29(36)25-11-2-20(16-26(25)21-3-7-23(31)8-4-21)18-39-28(17-35-14-13-33-19-35)22-5-9-24(32)10-6-22/h2-11,13-14,16,19,27-28H,12,15,17-18H2,1H3,(H,34,36)(H,37,38)/t27-,28?/m0/s1. The van der Waals surface area contributed by atoms with Gasteiger partial charge in [0.15, 0.2) is 0 Å². The summed E-state index contributed by atoms with van der Waals surface area (Å²) in [6, 6.07) is 15.9. The predicted octanol–water partition coefficient (Wildman–Crippen LogP) is 5.72. The molecule has 0 aliphatic carbocycles. The van der Waals surface area contributed by atoms with Crippen molar-refractivity contribution in [3.05, 3.63) is 114 Å². The van der Waals surface area contributed by atoms with Crippen molar-refractivity contribution in [2.24, 2.45) is 0 Å². The Morgan fingerprint density at radius 1 is 1.05 bits per heavy atom. The van der Waals surface area contributed by atoms with E-state index >= 15 is 0 Å². The molecule has 0 saturated carbocycles. The number of nitrogens with one attached hydrogen (secondary N) is 1. The molecule has 4 rings (SSSR count). The summed E-state index contributed by atoms with van der Waals surface area (Å²) >= 11 is 1.49. The van der Waals surface area contributed by atoms with Gasteiger partial charge in [-0.25, -0.2) is 18.6 Å². The lowest BCUT2D eigenvalue weighted by molar-refractivity contribution is -0.139. The third-order valence-corrected chi connectivity index (χ3v) is 6.97. The molecule has 0 saturated heterocycles. The van der Waals surface area contributed by atoms with Gasteiger partial charge in [-0.05, 0) is 77.1 Å². The number of hydrogen-bond acceptors (Lipinski definition) is 5. The number of ether oxygens (including phenoxy) is 1. The number of imidazole rings is 1. The summed E-state index contributed by atoms with van der Waals surface area (Å²) in [7, 11) is 0. The third kappa shape index (κ3) is 7.77. The van der Waals surface area contributed by atoms with Gasteiger partial charge < -0.3 is 19.7 Å². The number of amides is 1. The van der Waals surface area contributed by atoms with E-state index in [-0.39, 0.29) is 24.4 Å². The van der Waals surface area contributed by atoms with Crippen LogP contribution in [0.3, 0.4) is 0 Å². The molecule has 1 amide bonds. The van der Waals surface area contributed by atoms with Gasteiger partial charge in [0.1, 0.15) is 23.8 Å². The highest BCUT2D eigenvalue weighted by Crippen LogP contribution is 2.28. The maximum absolute atomic E-state index is 13.7. The first-order chi connectivity index (χ1) is 19.3. The second kappa shape index (κ2) is 13.9. The monoisotopic (exact) mass is 565 g/mol. The van der Waals surface area contributed by atoms with Crippen LogP contribution < -0.4 is 5.32 Å². The van der Waals surface area contributed by atoms with E-state index in [1.165, 1.54) is 36.0 Å². The fraction of sp³-hybridized carbons (Fsp3) is 0.233. The molecule has 40 heavy (non-hydrogen) atoms. The van der Waals surface area contributed by atoms with Crippen molar-refractivity contribution in [3.63, 3.8) is 0 Å². The quantitative estimate of drug-likeness (QED) is 0.215. The van der Waals surface area contributed by atoms with Crippen molar-refractivity contribution in [3.8, 4) is 11.1 Å². The number of nitrogens with zero attached hydrogens (tertiary/aromatic N) is 2. The number of aliphatic carboxylic acids is 1. The number of thioether (sulfide) groups is 1. The lowest BCUT2D eigenvalue weighted by Gasteiger charge is -2.20. The summed E-state index contributed by atoms with van der Waals surface area (Å²) < 4.78 is 35.4. The van der Waals surface area contributed by atoms with E-state index in [1.54, 1.807) is 55.0 Å². The molecule has 1 heterocycles. The molecule has 0 fully saturated rings. The molecule has 0 aliphatic heterocycles. The van der Waals surface area contributed by atoms with Crippen molar-refractivity contribution in [2.75, 3.05) is 12.0 Å². The highest BCUT2D eigenvalue weighted by Gasteiger charge is 2.23. The number of halogens is 2. The zero-order chi connectivity index (χ0) is 28.5. The fourth-order valence-electron chi connectivity index (χ4n) is 4.19. The molecule has 0 bridgehead atoms. The Hall–Kier alpha value is -4.02. The number of carbonyl (C=O) groups excluding carboxylic acids is 1. The van der Waals surface area contributed by atoms with Crippen LogP contribution in [0.2, 0.25) is 0 Å². The van der Waals surface area contributed by atoms with E-state index in [9.17, 15) is 23.5 Å². The Bertz CT molecular complexity index is 1410. The van der Waals surface area contributed by atoms with E-state index < -0.39 is 29.8 Å².